The molecule has 1 fully saturated rings. The molecule has 0 radical (unpaired) electrons. The third-order valence-corrected chi connectivity index (χ3v) is 3.79. The van der Waals surface area contributed by atoms with E-state index in [4.69, 9.17) is 13.9 Å². The van der Waals surface area contributed by atoms with Crippen molar-refractivity contribution in [2.75, 3.05) is 27.3 Å². The van der Waals surface area contributed by atoms with E-state index >= 15 is 0 Å². The molecule has 1 aliphatic heterocycles. The molecule has 1 aromatic rings. The van der Waals surface area contributed by atoms with Gasteiger partial charge < -0.3 is 13.9 Å². The van der Waals surface area contributed by atoms with Crippen molar-refractivity contribution < 1.29 is 23.5 Å². The summed E-state index contributed by atoms with van der Waals surface area (Å²) in [6.45, 7) is 3.87. The first-order chi connectivity index (χ1) is 10.0. The molecule has 1 aliphatic rings. The van der Waals surface area contributed by atoms with Crippen LogP contribution in [0, 0.1) is 12.8 Å². The zero-order valence-corrected chi connectivity index (χ0v) is 12.7. The summed E-state index contributed by atoms with van der Waals surface area (Å²) in [5.74, 6) is 0.621. The van der Waals surface area contributed by atoms with Crippen LogP contribution in [0.3, 0.4) is 0 Å². The minimum absolute atomic E-state index is 0.0834. The largest absolute Gasteiger partial charge is 0.469 e. The van der Waals surface area contributed by atoms with Crippen LogP contribution in [-0.2, 0) is 20.8 Å². The lowest BCUT2D eigenvalue weighted by atomic mass is 9.98. The first kappa shape index (κ1) is 15.6. The van der Waals surface area contributed by atoms with Crippen molar-refractivity contribution in [3.05, 3.63) is 23.2 Å². The fourth-order valence-electron chi connectivity index (χ4n) is 2.71. The number of carbonyl (C=O) groups excluding carboxylic acids is 2. The molecule has 2 heterocycles. The van der Waals surface area contributed by atoms with Crippen LogP contribution in [0.1, 0.15) is 34.7 Å². The Labute approximate surface area is 124 Å². The molecule has 1 aromatic heterocycles. The van der Waals surface area contributed by atoms with Gasteiger partial charge in [-0.15, -0.1) is 0 Å². The molecule has 0 saturated carbocycles. The number of esters is 2. The van der Waals surface area contributed by atoms with E-state index in [0.29, 0.717) is 30.2 Å². The monoisotopic (exact) mass is 295 g/mol. The highest BCUT2D eigenvalue weighted by Gasteiger charge is 2.27. The van der Waals surface area contributed by atoms with Gasteiger partial charge in [0, 0.05) is 6.54 Å². The molecule has 1 atom stereocenters. The summed E-state index contributed by atoms with van der Waals surface area (Å²) in [6.07, 6.45) is 1.80. The van der Waals surface area contributed by atoms with E-state index in [0.717, 1.165) is 19.4 Å². The Morgan fingerprint density at radius 2 is 2.14 bits per heavy atom. The molecule has 0 aromatic carbocycles. The highest BCUT2D eigenvalue weighted by Crippen LogP contribution is 2.22. The summed E-state index contributed by atoms with van der Waals surface area (Å²) < 4.78 is 15.1. The predicted molar refractivity (Wildman–Crippen MR) is 74.8 cm³/mol. The van der Waals surface area contributed by atoms with E-state index < -0.39 is 5.97 Å². The number of ether oxygens (including phenoxy) is 2. The van der Waals surface area contributed by atoms with Gasteiger partial charge in [-0.25, -0.2) is 4.79 Å². The van der Waals surface area contributed by atoms with Crippen LogP contribution in [0.4, 0.5) is 0 Å². The number of furan rings is 1. The minimum Gasteiger partial charge on any atom is -0.469 e. The van der Waals surface area contributed by atoms with E-state index in [2.05, 4.69) is 4.90 Å². The van der Waals surface area contributed by atoms with E-state index in [9.17, 15) is 9.59 Å². The molecule has 1 saturated heterocycles. The van der Waals surface area contributed by atoms with Gasteiger partial charge in [0.1, 0.15) is 17.1 Å². The van der Waals surface area contributed by atoms with Crippen molar-refractivity contribution >= 4 is 11.9 Å². The fourth-order valence-corrected chi connectivity index (χ4v) is 2.71. The van der Waals surface area contributed by atoms with Crippen LogP contribution in [0.5, 0.6) is 0 Å². The van der Waals surface area contributed by atoms with E-state index in [1.807, 2.05) is 0 Å². The predicted octanol–water partition coefficient (Wildman–Crippen LogP) is 1.76. The number of likely N-dealkylation sites (tertiary alicyclic amines) is 1. The number of carbonyl (C=O) groups is 2. The van der Waals surface area contributed by atoms with Crippen LogP contribution in [0.15, 0.2) is 10.5 Å². The standard InChI is InChI=1S/C15H21NO5/c1-10-13(15(18)20-3)7-12(21-10)9-16-6-4-5-11(8-16)14(17)19-2/h7,11H,4-6,8-9H2,1-3H3. The SMILES string of the molecule is COC(=O)c1cc(CN2CCCC(C(=O)OC)C2)oc1C. The molecule has 2 rings (SSSR count). The van der Waals surface area contributed by atoms with E-state index in [1.165, 1.54) is 14.2 Å². The number of nitrogens with zero attached hydrogens (tertiary/aromatic N) is 1. The lowest BCUT2D eigenvalue weighted by molar-refractivity contribution is -0.147. The summed E-state index contributed by atoms with van der Waals surface area (Å²) >= 11 is 0. The molecule has 0 amide bonds. The van der Waals surface area contributed by atoms with Gasteiger partial charge in [-0.1, -0.05) is 0 Å². The van der Waals surface area contributed by atoms with Crippen molar-refractivity contribution in [3.8, 4) is 0 Å². The molecule has 6 heteroatoms. The Balaban J connectivity index is 2.01. The maximum atomic E-state index is 11.6. The van der Waals surface area contributed by atoms with E-state index in [1.54, 1.807) is 13.0 Å². The van der Waals surface area contributed by atoms with Crippen molar-refractivity contribution in [1.82, 2.24) is 4.90 Å². The van der Waals surface area contributed by atoms with Gasteiger partial charge in [-0.05, 0) is 32.4 Å². The van der Waals surface area contributed by atoms with Gasteiger partial charge in [0.15, 0.2) is 0 Å². The number of aryl methyl sites for hydroxylation is 1. The number of rotatable bonds is 4. The average Bonchev–Trinajstić information content (AvgIpc) is 2.86. The quantitative estimate of drug-likeness (QED) is 0.788. The maximum absolute atomic E-state index is 11.6. The highest BCUT2D eigenvalue weighted by atomic mass is 16.5. The van der Waals surface area contributed by atoms with Crippen LogP contribution in [0.25, 0.3) is 0 Å². The normalized spacial score (nSPS) is 19.3. The van der Waals surface area contributed by atoms with Crippen molar-refractivity contribution in [2.24, 2.45) is 5.92 Å². The first-order valence-corrected chi connectivity index (χ1v) is 7.03. The first-order valence-electron chi connectivity index (χ1n) is 7.03. The Bertz CT molecular complexity index is 522. The molecule has 21 heavy (non-hydrogen) atoms. The maximum Gasteiger partial charge on any atom is 0.341 e. The Kier molecular flexibility index (Phi) is 5.01. The van der Waals surface area contributed by atoms with Gasteiger partial charge in [0.2, 0.25) is 0 Å². The van der Waals surface area contributed by atoms with Gasteiger partial charge in [0.25, 0.3) is 0 Å². The minimum atomic E-state index is -0.395. The summed E-state index contributed by atoms with van der Waals surface area (Å²) in [5, 5.41) is 0. The number of hydrogen-bond donors (Lipinski definition) is 0. The lowest BCUT2D eigenvalue weighted by Crippen LogP contribution is -2.38. The van der Waals surface area contributed by atoms with Crippen LogP contribution >= 0.6 is 0 Å². The Morgan fingerprint density at radius 3 is 2.81 bits per heavy atom. The molecular weight excluding hydrogens is 274 g/mol. The second kappa shape index (κ2) is 6.76. The molecular formula is C15H21NO5. The van der Waals surface area contributed by atoms with Gasteiger partial charge in [-0.3, -0.25) is 9.69 Å². The zero-order valence-electron chi connectivity index (χ0n) is 12.7. The second-order valence-corrected chi connectivity index (χ2v) is 5.27. The summed E-state index contributed by atoms with van der Waals surface area (Å²) in [6, 6.07) is 1.71. The number of hydrogen-bond acceptors (Lipinski definition) is 6. The molecule has 0 N–H and O–H groups in total. The molecule has 116 valence electrons. The second-order valence-electron chi connectivity index (χ2n) is 5.27. The Hall–Kier alpha value is -1.82. The fraction of sp³-hybridized carbons (Fsp3) is 0.600. The van der Waals surface area contributed by atoms with Crippen molar-refractivity contribution in [2.45, 2.75) is 26.3 Å². The topological polar surface area (TPSA) is 69.0 Å². The van der Waals surface area contributed by atoms with Crippen LogP contribution < -0.4 is 0 Å². The molecule has 0 bridgehead atoms. The van der Waals surface area contributed by atoms with Crippen LogP contribution in [0.2, 0.25) is 0 Å². The third-order valence-electron chi connectivity index (χ3n) is 3.79. The summed E-state index contributed by atoms with van der Waals surface area (Å²) in [4.78, 5) is 25.3. The van der Waals surface area contributed by atoms with Crippen molar-refractivity contribution in [3.63, 3.8) is 0 Å². The zero-order chi connectivity index (χ0) is 15.4. The highest BCUT2D eigenvalue weighted by molar-refractivity contribution is 5.90. The van der Waals surface area contributed by atoms with Gasteiger partial charge in [-0.2, -0.15) is 0 Å². The van der Waals surface area contributed by atoms with Gasteiger partial charge in [0.05, 0.1) is 26.7 Å². The molecule has 0 spiro atoms. The molecule has 0 aliphatic carbocycles. The Morgan fingerprint density at radius 1 is 1.38 bits per heavy atom. The summed E-state index contributed by atoms with van der Waals surface area (Å²) in [7, 11) is 2.76. The van der Waals surface area contributed by atoms with Crippen molar-refractivity contribution in [1.29, 1.82) is 0 Å². The smallest absolute Gasteiger partial charge is 0.341 e. The summed E-state index contributed by atoms with van der Waals surface area (Å²) in [5.41, 5.74) is 0.453. The molecule has 1 unspecified atom stereocenters. The lowest BCUT2D eigenvalue weighted by Gasteiger charge is -2.30. The van der Waals surface area contributed by atoms with Crippen LogP contribution in [-0.4, -0.2) is 44.1 Å². The molecule has 6 nitrogen and oxygen atoms in total. The number of methoxy groups -OCH3 is 2. The van der Waals surface area contributed by atoms with E-state index in [-0.39, 0.29) is 11.9 Å². The average molecular weight is 295 g/mol. The number of piperidine rings is 1. The third kappa shape index (κ3) is 3.64. The van der Waals surface area contributed by atoms with Gasteiger partial charge >= 0.3 is 11.9 Å².